The van der Waals surface area contributed by atoms with Crippen LogP contribution in [0.3, 0.4) is 0 Å². The molecule has 4 nitrogen and oxygen atoms in total. The van der Waals surface area contributed by atoms with Gasteiger partial charge in [-0.1, -0.05) is 0 Å². The lowest BCUT2D eigenvalue weighted by Gasteiger charge is -2.12. The summed E-state index contributed by atoms with van der Waals surface area (Å²) in [4.78, 5) is 7.25. The quantitative estimate of drug-likeness (QED) is 0.728. The third-order valence-corrected chi connectivity index (χ3v) is 1.66. The molecule has 0 aliphatic rings. The average molecular weight is 183 g/mol. The van der Waals surface area contributed by atoms with Gasteiger partial charge in [0.05, 0.1) is 6.61 Å². The summed E-state index contributed by atoms with van der Waals surface area (Å²) in [5.74, 6) is 0.810. The van der Waals surface area contributed by atoms with Gasteiger partial charge in [-0.25, -0.2) is 4.98 Å². The first-order valence-corrected chi connectivity index (χ1v) is 4.58. The van der Waals surface area contributed by atoms with Crippen LogP contribution in [0.2, 0.25) is 0 Å². The highest BCUT2D eigenvalue weighted by atomic mass is 16.5. The predicted octanol–water partition coefficient (Wildman–Crippen LogP) is 1.56. The van der Waals surface area contributed by atoms with E-state index in [1.165, 1.54) is 0 Å². The second-order valence-corrected chi connectivity index (χ2v) is 3.12. The third-order valence-electron chi connectivity index (χ3n) is 1.66. The van der Waals surface area contributed by atoms with Crippen LogP contribution < -0.4 is 5.32 Å². The fraction of sp³-hybridized carbons (Fsp3) is 0.667. The molecule has 4 heteroatoms. The number of aromatic nitrogens is 2. The number of aryl methyl sites for hydroxylation is 1. The van der Waals surface area contributed by atoms with Gasteiger partial charge >= 0.3 is 0 Å². The molecule has 74 valence electrons. The van der Waals surface area contributed by atoms with Crippen LogP contribution in [0.1, 0.15) is 19.5 Å². The molecule has 1 heterocycles. The van der Waals surface area contributed by atoms with Crippen LogP contribution in [0.4, 0.5) is 5.95 Å². The maximum Gasteiger partial charge on any atom is 0.200 e. The largest absolute Gasteiger partial charge is 0.380 e. The molecule has 2 N–H and O–H groups in total. The lowest BCUT2D eigenvalue weighted by molar-refractivity contribution is 0.141. The molecule has 1 aromatic rings. The van der Waals surface area contributed by atoms with Crippen molar-refractivity contribution >= 4 is 5.95 Å². The Bertz CT molecular complexity index is 247. The molecule has 0 aromatic carbocycles. The number of H-pyrrole nitrogens is 1. The van der Waals surface area contributed by atoms with Gasteiger partial charge in [0.25, 0.3) is 0 Å². The molecule has 1 unspecified atom stereocenters. The number of hydrogen-bond acceptors (Lipinski definition) is 3. The molecule has 0 radical (unpaired) electrons. The van der Waals surface area contributed by atoms with Gasteiger partial charge in [-0.3, -0.25) is 0 Å². The van der Waals surface area contributed by atoms with E-state index in [0.717, 1.165) is 18.2 Å². The molecular formula is C9H17N3O. The summed E-state index contributed by atoms with van der Waals surface area (Å²) in [7, 11) is 0. The summed E-state index contributed by atoms with van der Waals surface area (Å²) >= 11 is 0. The molecule has 1 aromatic heterocycles. The Hall–Kier alpha value is -1.03. The molecule has 0 fully saturated rings. The van der Waals surface area contributed by atoms with E-state index in [4.69, 9.17) is 4.74 Å². The first kappa shape index (κ1) is 10.1. The SMILES string of the molecule is CCOCC(C)Nc1ncc(C)[nH]1. The first-order valence-electron chi connectivity index (χ1n) is 4.58. The molecule has 0 saturated carbocycles. The van der Waals surface area contributed by atoms with Gasteiger partial charge in [-0.2, -0.15) is 0 Å². The fourth-order valence-electron chi connectivity index (χ4n) is 1.06. The van der Waals surface area contributed by atoms with Crippen LogP contribution in [-0.2, 0) is 4.74 Å². The lowest BCUT2D eigenvalue weighted by Crippen LogP contribution is -2.22. The molecule has 0 bridgehead atoms. The predicted molar refractivity (Wildman–Crippen MR) is 52.9 cm³/mol. The van der Waals surface area contributed by atoms with Crippen LogP contribution in [-0.4, -0.2) is 29.2 Å². The summed E-state index contributed by atoms with van der Waals surface area (Å²) in [5, 5.41) is 3.21. The van der Waals surface area contributed by atoms with Crippen LogP contribution in [0.15, 0.2) is 6.20 Å². The topological polar surface area (TPSA) is 49.9 Å². The molecule has 0 saturated heterocycles. The van der Waals surface area contributed by atoms with Gasteiger partial charge in [-0.05, 0) is 20.8 Å². The highest BCUT2D eigenvalue weighted by molar-refractivity contribution is 5.26. The van der Waals surface area contributed by atoms with Crippen molar-refractivity contribution in [2.24, 2.45) is 0 Å². The molecule has 0 aliphatic heterocycles. The smallest absolute Gasteiger partial charge is 0.200 e. The lowest BCUT2D eigenvalue weighted by atomic mass is 10.4. The van der Waals surface area contributed by atoms with E-state index in [1.54, 1.807) is 6.20 Å². The van der Waals surface area contributed by atoms with Crippen molar-refractivity contribution in [1.82, 2.24) is 9.97 Å². The number of hydrogen-bond donors (Lipinski definition) is 2. The van der Waals surface area contributed by atoms with Gasteiger partial charge in [0.15, 0.2) is 0 Å². The van der Waals surface area contributed by atoms with E-state index in [2.05, 4.69) is 22.2 Å². The summed E-state index contributed by atoms with van der Waals surface area (Å²) in [5.41, 5.74) is 1.06. The van der Waals surface area contributed by atoms with E-state index >= 15 is 0 Å². The number of imidazole rings is 1. The van der Waals surface area contributed by atoms with Crippen molar-refractivity contribution < 1.29 is 4.74 Å². The van der Waals surface area contributed by atoms with E-state index in [-0.39, 0.29) is 6.04 Å². The number of nitrogens with zero attached hydrogens (tertiary/aromatic N) is 1. The van der Waals surface area contributed by atoms with Crippen LogP contribution in [0.5, 0.6) is 0 Å². The van der Waals surface area contributed by atoms with Gasteiger partial charge in [0.2, 0.25) is 5.95 Å². The van der Waals surface area contributed by atoms with Gasteiger partial charge in [-0.15, -0.1) is 0 Å². The van der Waals surface area contributed by atoms with E-state index in [0.29, 0.717) is 6.61 Å². The van der Waals surface area contributed by atoms with Gasteiger partial charge < -0.3 is 15.0 Å². The summed E-state index contributed by atoms with van der Waals surface area (Å²) < 4.78 is 5.27. The maximum absolute atomic E-state index is 5.27. The molecule has 0 spiro atoms. The van der Waals surface area contributed by atoms with Crippen molar-refractivity contribution in [3.8, 4) is 0 Å². The third kappa shape index (κ3) is 3.46. The van der Waals surface area contributed by atoms with Crippen LogP contribution >= 0.6 is 0 Å². The zero-order valence-corrected chi connectivity index (χ0v) is 8.42. The zero-order chi connectivity index (χ0) is 9.68. The Balaban J connectivity index is 2.31. The number of nitrogens with one attached hydrogen (secondary N) is 2. The Morgan fingerprint density at radius 3 is 3.00 bits per heavy atom. The van der Waals surface area contributed by atoms with Gasteiger partial charge in [0, 0.05) is 24.5 Å². The molecule has 1 rings (SSSR count). The number of aromatic amines is 1. The van der Waals surface area contributed by atoms with Crippen molar-refractivity contribution in [1.29, 1.82) is 0 Å². The molecular weight excluding hydrogens is 166 g/mol. The second kappa shape index (κ2) is 4.87. The van der Waals surface area contributed by atoms with Crippen molar-refractivity contribution in [3.05, 3.63) is 11.9 Å². The van der Waals surface area contributed by atoms with E-state index in [1.807, 2.05) is 13.8 Å². The van der Waals surface area contributed by atoms with Crippen molar-refractivity contribution in [2.75, 3.05) is 18.5 Å². The average Bonchev–Trinajstić information content (AvgIpc) is 2.48. The van der Waals surface area contributed by atoms with Crippen molar-refractivity contribution in [3.63, 3.8) is 0 Å². The first-order chi connectivity index (χ1) is 6.22. The fourth-order valence-corrected chi connectivity index (χ4v) is 1.06. The monoisotopic (exact) mass is 183 g/mol. The van der Waals surface area contributed by atoms with Crippen LogP contribution in [0, 0.1) is 6.92 Å². The summed E-state index contributed by atoms with van der Waals surface area (Å²) in [6.45, 7) is 7.49. The molecule has 0 aliphatic carbocycles. The normalized spacial score (nSPS) is 12.8. The minimum atomic E-state index is 0.283. The Labute approximate surface area is 78.7 Å². The molecule has 13 heavy (non-hydrogen) atoms. The van der Waals surface area contributed by atoms with E-state index < -0.39 is 0 Å². The molecule has 0 amide bonds. The molecule has 1 atom stereocenters. The maximum atomic E-state index is 5.27. The number of ether oxygens (including phenoxy) is 1. The second-order valence-electron chi connectivity index (χ2n) is 3.12. The highest BCUT2D eigenvalue weighted by Gasteiger charge is 2.03. The Kier molecular flexibility index (Phi) is 3.76. The Morgan fingerprint density at radius 2 is 2.46 bits per heavy atom. The number of rotatable bonds is 5. The number of anilines is 1. The standard InChI is InChI=1S/C9H17N3O/c1-4-13-6-8(3)12-9-10-5-7(2)11-9/h5,8H,4,6H2,1-3H3,(H2,10,11,12). The summed E-state index contributed by atoms with van der Waals surface area (Å²) in [6, 6.07) is 0.283. The van der Waals surface area contributed by atoms with Crippen molar-refractivity contribution in [2.45, 2.75) is 26.8 Å². The van der Waals surface area contributed by atoms with E-state index in [9.17, 15) is 0 Å². The zero-order valence-electron chi connectivity index (χ0n) is 8.42. The summed E-state index contributed by atoms with van der Waals surface area (Å²) in [6.07, 6.45) is 1.80. The highest BCUT2D eigenvalue weighted by Crippen LogP contribution is 2.02. The van der Waals surface area contributed by atoms with Gasteiger partial charge in [0.1, 0.15) is 0 Å². The van der Waals surface area contributed by atoms with Crippen LogP contribution in [0.25, 0.3) is 0 Å². The minimum Gasteiger partial charge on any atom is -0.380 e. The minimum absolute atomic E-state index is 0.283. The Morgan fingerprint density at radius 1 is 1.69 bits per heavy atom.